The van der Waals surface area contributed by atoms with Gasteiger partial charge in [0.05, 0.1) is 6.61 Å². The van der Waals surface area contributed by atoms with Crippen molar-refractivity contribution in [1.29, 1.82) is 0 Å². The average molecular weight is 374 g/mol. The van der Waals surface area contributed by atoms with Gasteiger partial charge in [0.25, 0.3) is 11.3 Å². The van der Waals surface area contributed by atoms with E-state index in [4.69, 9.17) is 9.26 Å². The summed E-state index contributed by atoms with van der Waals surface area (Å²) in [6.45, 7) is 2.86. The van der Waals surface area contributed by atoms with Crippen LogP contribution in [0.4, 0.5) is 10.1 Å². The van der Waals surface area contributed by atoms with Crippen molar-refractivity contribution in [3.63, 3.8) is 0 Å². The summed E-state index contributed by atoms with van der Waals surface area (Å²) in [6, 6.07) is 5.18. The molecule has 1 aromatic carbocycles. The second kappa shape index (κ2) is 7.36. The van der Waals surface area contributed by atoms with Crippen LogP contribution in [0.15, 0.2) is 33.6 Å². The number of aryl methyl sites for hydroxylation is 1. The van der Waals surface area contributed by atoms with Crippen LogP contribution in [0.5, 0.6) is 0 Å². The van der Waals surface area contributed by atoms with Crippen molar-refractivity contribution < 1.29 is 23.2 Å². The number of ether oxygens (including phenoxy) is 1. The van der Waals surface area contributed by atoms with Crippen molar-refractivity contribution in [2.75, 3.05) is 11.9 Å². The molecule has 0 saturated carbocycles. The predicted octanol–water partition coefficient (Wildman–Crippen LogP) is 1.65. The molecule has 0 radical (unpaired) electrons. The van der Waals surface area contributed by atoms with Gasteiger partial charge in [-0.15, -0.1) is 0 Å². The highest BCUT2D eigenvalue weighted by Crippen LogP contribution is 2.14. The molecular formula is C17H15FN4O5. The number of anilines is 1. The van der Waals surface area contributed by atoms with E-state index in [2.05, 4.69) is 15.5 Å². The number of hydrogen-bond acceptors (Lipinski definition) is 7. The van der Waals surface area contributed by atoms with Gasteiger partial charge in [-0.25, -0.2) is 9.18 Å². The summed E-state index contributed by atoms with van der Waals surface area (Å²) >= 11 is 0. The van der Waals surface area contributed by atoms with Crippen LogP contribution in [0, 0.1) is 12.7 Å². The second-order valence-corrected chi connectivity index (χ2v) is 5.54. The van der Waals surface area contributed by atoms with Crippen LogP contribution in [0.1, 0.15) is 23.2 Å². The molecule has 10 heteroatoms. The number of aromatic nitrogens is 3. The Morgan fingerprint density at radius 2 is 2.00 bits per heavy atom. The lowest BCUT2D eigenvalue weighted by molar-refractivity contribution is -0.116. The lowest BCUT2D eigenvalue weighted by atomic mass is 10.3. The van der Waals surface area contributed by atoms with E-state index in [-0.39, 0.29) is 35.8 Å². The van der Waals surface area contributed by atoms with Crippen molar-refractivity contribution in [3.8, 4) is 0 Å². The van der Waals surface area contributed by atoms with Gasteiger partial charge < -0.3 is 14.6 Å². The molecular weight excluding hydrogens is 359 g/mol. The summed E-state index contributed by atoms with van der Waals surface area (Å²) in [5, 5.41) is 5.94. The highest BCUT2D eigenvalue weighted by atomic mass is 19.1. The first-order chi connectivity index (χ1) is 12.9. The fourth-order valence-corrected chi connectivity index (χ4v) is 2.44. The standard InChI is InChI=1S/C17H15FN4O5/c1-3-26-17(25)14-13-15(27-21-14)19-9(2)22(16(13)24)8-12(23)20-11-6-4-10(18)5-7-11/h4-7H,3,8H2,1-2H3,(H,20,23). The summed E-state index contributed by atoms with van der Waals surface area (Å²) in [4.78, 5) is 41.0. The van der Waals surface area contributed by atoms with E-state index >= 15 is 0 Å². The van der Waals surface area contributed by atoms with Crippen molar-refractivity contribution >= 4 is 28.7 Å². The SMILES string of the molecule is CCOC(=O)c1noc2nc(C)n(CC(=O)Nc3ccc(F)cc3)c(=O)c12. The fraction of sp³-hybridized carbons (Fsp3) is 0.235. The van der Waals surface area contributed by atoms with E-state index in [0.717, 1.165) is 4.57 Å². The van der Waals surface area contributed by atoms with Crippen molar-refractivity contribution in [2.45, 2.75) is 20.4 Å². The van der Waals surface area contributed by atoms with E-state index in [1.54, 1.807) is 6.92 Å². The zero-order chi connectivity index (χ0) is 19.6. The first kappa shape index (κ1) is 18.2. The lowest BCUT2D eigenvalue weighted by Crippen LogP contribution is -2.30. The molecule has 2 heterocycles. The van der Waals surface area contributed by atoms with Gasteiger partial charge >= 0.3 is 5.97 Å². The van der Waals surface area contributed by atoms with Crippen LogP contribution >= 0.6 is 0 Å². The molecule has 1 amide bonds. The van der Waals surface area contributed by atoms with Crippen LogP contribution in [0.3, 0.4) is 0 Å². The third-order valence-electron chi connectivity index (χ3n) is 3.69. The number of fused-ring (bicyclic) bond motifs is 1. The number of benzene rings is 1. The summed E-state index contributed by atoms with van der Waals surface area (Å²) in [6.07, 6.45) is 0. The molecule has 0 aliphatic rings. The van der Waals surface area contributed by atoms with Gasteiger partial charge in [-0.1, -0.05) is 5.16 Å². The number of carbonyl (C=O) groups is 2. The molecule has 0 fully saturated rings. The molecule has 3 rings (SSSR count). The number of hydrogen-bond donors (Lipinski definition) is 1. The topological polar surface area (TPSA) is 116 Å². The normalized spacial score (nSPS) is 10.8. The molecule has 0 aliphatic carbocycles. The highest BCUT2D eigenvalue weighted by Gasteiger charge is 2.24. The van der Waals surface area contributed by atoms with Crippen LogP contribution < -0.4 is 10.9 Å². The monoisotopic (exact) mass is 374 g/mol. The maximum atomic E-state index is 12.9. The molecule has 3 aromatic rings. The second-order valence-electron chi connectivity index (χ2n) is 5.54. The van der Waals surface area contributed by atoms with Gasteiger partial charge in [0, 0.05) is 5.69 Å². The molecule has 0 unspecified atom stereocenters. The number of carbonyl (C=O) groups excluding carboxylic acids is 2. The van der Waals surface area contributed by atoms with E-state index in [9.17, 15) is 18.8 Å². The van der Waals surface area contributed by atoms with Gasteiger partial charge in [0.15, 0.2) is 0 Å². The third kappa shape index (κ3) is 3.68. The molecule has 0 spiro atoms. The predicted molar refractivity (Wildman–Crippen MR) is 91.8 cm³/mol. The molecule has 2 aromatic heterocycles. The van der Waals surface area contributed by atoms with Gasteiger partial charge in [0.2, 0.25) is 11.6 Å². The Balaban J connectivity index is 1.92. The summed E-state index contributed by atoms with van der Waals surface area (Å²) in [5.74, 6) is -1.58. The van der Waals surface area contributed by atoms with E-state index in [1.807, 2.05) is 0 Å². The van der Waals surface area contributed by atoms with Crippen molar-refractivity contribution in [3.05, 3.63) is 52.0 Å². The maximum absolute atomic E-state index is 12.9. The van der Waals surface area contributed by atoms with Crippen molar-refractivity contribution in [1.82, 2.24) is 14.7 Å². The smallest absolute Gasteiger partial charge is 0.361 e. The number of nitrogens with one attached hydrogen (secondary N) is 1. The number of esters is 1. The van der Waals surface area contributed by atoms with E-state index in [1.165, 1.54) is 31.2 Å². The zero-order valence-electron chi connectivity index (χ0n) is 14.5. The average Bonchev–Trinajstić information content (AvgIpc) is 3.05. The Labute approximate surface area is 151 Å². The number of halogens is 1. The van der Waals surface area contributed by atoms with Gasteiger partial charge in [-0.05, 0) is 38.1 Å². The molecule has 1 N–H and O–H groups in total. The Kier molecular flexibility index (Phi) is 4.97. The largest absolute Gasteiger partial charge is 0.461 e. The highest BCUT2D eigenvalue weighted by molar-refractivity contribution is 6.00. The minimum atomic E-state index is -0.818. The Hall–Kier alpha value is -3.56. The minimum Gasteiger partial charge on any atom is -0.461 e. The molecule has 0 bridgehead atoms. The zero-order valence-corrected chi connectivity index (χ0v) is 14.5. The minimum absolute atomic E-state index is 0.0980. The van der Waals surface area contributed by atoms with E-state index in [0.29, 0.717) is 5.69 Å². The molecule has 0 aliphatic heterocycles. The Morgan fingerprint density at radius 3 is 2.67 bits per heavy atom. The summed E-state index contributed by atoms with van der Waals surface area (Å²) < 4.78 is 23.8. The van der Waals surface area contributed by atoms with Crippen LogP contribution in [0.25, 0.3) is 11.1 Å². The molecule has 0 saturated heterocycles. The summed E-state index contributed by atoms with van der Waals surface area (Å²) in [5.41, 5.74) is -0.692. The van der Waals surface area contributed by atoms with Gasteiger partial charge in [0.1, 0.15) is 23.6 Å². The van der Waals surface area contributed by atoms with E-state index < -0.39 is 23.3 Å². The Bertz CT molecular complexity index is 1070. The van der Waals surface area contributed by atoms with Crippen LogP contribution in [-0.4, -0.2) is 33.2 Å². The summed E-state index contributed by atoms with van der Waals surface area (Å²) in [7, 11) is 0. The molecule has 0 atom stereocenters. The number of rotatable bonds is 5. The Morgan fingerprint density at radius 1 is 1.30 bits per heavy atom. The first-order valence-corrected chi connectivity index (χ1v) is 8.00. The maximum Gasteiger partial charge on any atom is 0.361 e. The number of nitrogens with zero attached hydrogens (tertiary/aromatic N) is 3. The molecule has 27 heavy (non-hydrogen) atoms. The molecule has 140 valence electrons. The first-order valence-electron chi connectivity index (χ1n) is 8.00. The quantitative estimate of drug-likeness (QED) is 0.675. The fourth-order valence-electron chi connectivity index (χ4n) is 2.44. The molecule has 9 nitrogen and oxygen atoms in total. The van der Waals surface area contributed by atoms with Crippen LogP contribution in [0.2, 0.25) is 0 Å². The third-order valence-corrected chi connectivity index (χ3v) is 3.69. The van der Waals surface area contributed by atoms with Gasteiger partial charge in [-0.2, -0.15) is 4.98 Å². The number of amides is 1. The lowest BCUT2D eigenvalue weighted by Gasteiger charge is -2.09. The van der Waals surface area contributed by atoms with Crippen LogP contribution in [-0.2, 0) is 16.1 Å². The van der Waals surface area contributed by atoms with Gasteiger partial charge in [-0.3, -0.25) is 14.2 Å². The van der Waals surface area contributed by atoms with Crippen molar-refractivity contribution in [2.24, 2.45) is 0 Å².